The third-order valence-electron chi connectivity index (χ3n) is 3.19. The minimum Gasteiger partial charge on any atom is -0.484 e. The molecule has 1 aromatic heterocycles. The van der Waals surface area contributed by atoms with Gasteiger partial charge in [-0.25, -0.2) is 0 Å². The molecule has 25 heavy (non-hydrogen) atoms. The van der Waals surface area contributed by atoms with Crippen LogP contribution in [0.3, 0.4) is 0 Å². The van der Waals surface area contributed by atoms with Crippen LogP contribution in [-0.2, 0) is 4.79 Å². The topological polar surface area (TPSA) is 60.5 Å². The summed E-state index contributed by atoms with van der Waals surface area (Å²) >= 11 is 5.80. The van der Waals surface area contributed by atoms with Crippen LogP contribution in [0.5, 0.6) is 17.2 Å². The smallest absolute Gasteiger partial charge is 0.262 e. The minimum atomic E-state index is -0.268. The van der Waals surface area contributed by atoms with Crippen LogP contribution in [0.25, 0.3) is 0 Å². The number of benzene rings is 2. The van der Waals surface area contributed by atoms with Crippen molar-refractivity contribution in [3.05, 3.63) is 78.1 Å². The molecular formula is C19H15ClN2O3. The molecule has 3 rings (SSSR count). The molecule has 0 spiro atoms. The third-order valence-corrected chi connectivity index (χ3v) is 3.44. The predicted molar refractivity (Wildman–Crippen MR) is 96.3 cm³/mol. The number of anilines is 1. The highest BCUT2D eigenvalue weighted by Gasteiger charge is 2.05. The summed E-state index contributed by atoms with van der Waals surface area (Å²) in [6, 6.07) is 17.4. The van der Waals surface area contributed by atoms with E-state index in [-0.39, 0.29) is 12.5 Å². The summed E-state index contributed by atoms with van der Waals surface area (Å²) in [5.41, 5.74) is 0.622. The number of nitrogens with zero attached hydrogens (tertiary/aromatic N) is 1. The Morgan fingerprint density at radius 1 is 0.960 bits per heavy atom. The first kappa shape index (κ1) is 16.8. The number of hydrogen-bond acceptors (Lipinski definition) is 4. The molecule has 3 aromatic rings. The van der Waals surface area contributed by atoms with Gasteiger partial charge in [-0.1, -0.05) is 17.7 Å². The molecule has 0 radical (unpaired) electrons. The highest BCUT2D eigenvalue weighted by molar-refractivity contribution is 6.30. The molecule has 0 aliphatic carbocycles. The van der Waals surface area contributed by atoms with Gasteiger partial charge in [0.25, 0.3) is 5.91 Å². The lowest BCUT2D eigenvalue weighted by Crippen LogP contribution is -2.20. The van der Waals surface area contributed by atoms with E-state index in [1.807, 2.05) is 0 Å². The second kappa shape index (κ2) is 8.17. The van der Waals surface area contributed by atoms with Crippen molar-refractivity contribution in [3.63, 3.8) is 0 Å². The maximum atomic E-state index is 12.0. The Bertz CT molecular complexity index is 839. The van der Waals surface area contributed by atoms with Crippen LogP contribution in [0.4, 0.5) is 5.69 Å². The largest absolute Gasteiger partial charge is 0.484 e. The van der Waals surface area contributed by atoms with Gasteiger partial charge < -0.3 is 14.8 Å². The zero-order chi connectivity index (χ0) is 17.5. The van der Waals surface area contributed by atoms with Gasteiger partial charge in [0.05, 0.1) is 0 Å². The van der Waals surface area contributed by atoms with Gasteiger partial charge in [0.15, 0.2) is 6.61 Å². The molecule has 0 aliphatic rings. The standard InChI is InChI=1S/C19H15ClN2O3/c20-14-4-6-16(7-5-14)24-13-19(23)22-15-2-1-3-18(12-15)25-17-8-10-21-11-9-17/h1-12H,13H2,(H,22,23). The number of carbonyl (C=O) groups is 1. The summed E-state index contributed by atoms with van der Waals surface area (Å²) in [5.74, 6) is 1.59. The Balaban J connectivity index is 1.56. The second-order valence-electron chi connectivity index (χ2n) is 5.10. The summed E-state index contributed by atoms with van der Waals surface area (Å²) in [4.78, 5) is 15.9. The lowest BCUT2D eigenvalue weighted by molar-refractivity contribution is -0.118. The molecule has 5 nitrogen and oxygen atoms in total. The van der Waals surface area contributed by atoms with Gasteiger partial charge in [0.1, 0.15) is 17.2 Å². The van der Waals surface area contributed by atoms with Crippen molar-refractivity contribution in [2.24, 2.45) is 0 Å². The number of amides is 1. The first-order valence-electron chi connectivity index (χ1n) is 7.55. The molecule has 1 heterocycles. The highest BCUT2D eigenvalue weighted by atomic mass is 35.5. The Morgan fingerprint density at radius 3 is 2.48 bits per heavy atom. The van der Waals surface area contributed by atoms with E-state index in [1.54, 1.807) is 73.1 Å². The first-order chi connectivity index (χ1) is 12.2. The number of halogens is 1. The zero-order valence-electron chi connectivity index (χ0n) is 13.2. The monoisotopic (exact) mass is 354 g/mol. The summed E-state index contributed by atoms with van der Waals surface area (Å²) in [7, 11) is 0. The number of aromatic nitrogens is 1. The molecule has 0 fully saturated rings. The quantitative estimate of drug-likeness (QED) is 0.705. The van der Waals surface area contributed by atoms with E-state index in [9.17, 15) is 4.79 Å². The van der Waals surface area contributed by atoms with Crippen LogP contribution >= 0.6 is 11.6 Å². The van der Waals surface area contributed by atoms with Gasteiger partial charge in [0.2, 0.25) is 0 Å². The maximum absolute atomic E-state index is 12.0. The van der Waals surface area contributed by atoms with Gasteiger partial charge in [-0.2, -0.15) is 0 Å². The summed E-state index contributed by atoms with van der Waals surface area (Å²) < 4.78 is 11.1. The lowest BCUT2D eigenvalue weighted by atomic mass is 10.3. The molecule has 0 unspecified atom stereocenters. The molecule has 126 valence electrons. The van der Waals surface area contributed by atoms with E-state index < -0.39 is 0 Å². The van der Waals surface area contributed by atoms with E-state index in [4.69, 9.17) is 21.1 Å². The van der Waals surface area contributed by atoms with E-state index in [1.165, 1.54) is 0 Å². The molecule has 0 saturated heterocycles. The average molecular weight is 355 g/mol. The Hall–Kier alpha value is -3.05. The van der Waals surface area contributed by atoms with Crippen LogP contribution in [0.1, 0.15) is 0 Å². The van der Waals surface area contributed by atoms with Gasteiger partial charge in [-0.05, 0) is 48.5 Å². The van der Waals surface area contributed by atoms with E-state index in [0.717, 1.165) is 0 Å². The van der Waals surface area contributed by atoms with Crippen LogP contribution in [0.2, 0.25) is 5.02 Å². The number of pyridine rings is 1. The number of hydrogen-bond donors (Lipinski definition) is 1. The second-order valence-corrected chi connectivity index (χ2v) is 5.54. The molecule has 0 saturated carbocycles. The third kappa shape index (κ3) is 5.22. The average Bonchev–Trinajstić information content (AvgIpc) is 2.62. The number of nitrogens with one attached hydrogen (secondary N) is 1. The van der Waals surface area contributed by atoms with Crippen LogP contribution in [-0.4, -0.2) is 17.5 Å². The predicted octanol–water partition coefficient (Wildman–Crippen LogP) is 4.54. The summed E-state index contributed by atoms with van der Waals surface area (Å²) in [6.07, 6.45) is 3.30. The normalized spacial score (nSPS) is 10.1. The van der Waals surface area contributed by atoms with Crippen molar-refractivity contribution in [1.29, 1.82) is 0 Å². The Kier molecular flexibility index (Phi) is 5.49. The molecule has 0 bridgehead atoms. The van der Waals surface area contributed by atoms with Crippen LogP contribution in [0.15, 0.2) is 73.1 Å². The number of rotatable bonds is 6. The van der Waals surface area contributed by atoms with E-state index in [0.29, 0.717) is 28.0 Å². The SMILES string of the molecule is O=C(COc1ccc(Cl)cc1)Nc1cccc(Oc2ccncc2)c1. The van der Waals surface area contributed by atoms with Gasteiger partial charge in [-0.3, -0.25) is 9.78 Å². The summed E-state index contributed by atoms with van der Waals surface area (Å²) in [6.45, 7) is -0.100. The molecule has 0 aliphatic heterocycles. The van der Waals surface area contributed by atoms with Crippen molar-refractivity contribution in [2.75, 3.05) is 11.9 Å². The molecule has 1 N–H and O–H groups in total. The van der Waals surface area contributed by atoms with Crippen molar-refractivity contribution in [3.8, 4) is 17.2 Å². The lowest BCUT2D eigenvalue weighted by Gasteiger charge is -2.10. The fraction of sp³-hybridized carbons (Fsp3) is 0.0526. The molecular weight excluding hydrogens is 340 g/mol. The van der Waals surface area contributed by atoms with Crippen LogP contribution < -0.4 is 14.8 Å². The van der Waals surface area contributed by atoms with E-state index >= 15 is 0 Å². The van der Waals surface area contributed by atoms with Gasteiger partial charge in [0, 0.05) is 29.2 Å². The van der Waals surface area contributed by atoms with Crippen molar-refractivity contribution in [2.45, 2.75) is 0 Å². The molecule has 1 amide bonds. The highest BCUT2D eigenvalue weighted by Crippen LogP contribution is 2.23. The van der Waals surface area contributed by atoms with Gasteiger partial charge >= 0.3 is 0 Å². The van der Waals surface area contributed by atoms with Crippen molar-refractivity contribution < 1.29 is 14.3 Å². The minimum absolute atomic E-state index is 0.100. The first-order valence-corrected chi connectivity index (χ1v) is 7.93. The van der Waals surface area contributed by atoms with E-state index in [2.05, 4.69) is 10.3 Å². The Morgan fingerprint density at radius 2 is 1.72 bits per heavy atom. The molecule has 0 atom stereocenters. The Labute approximate surface area is 150 Å². The van der Waals surface area contributed by atoms with Crippen molar-refractivity contribution in [1.82, 2.24) is 4.98 Å². The zero-order valence-corrected chi connectivity index (χ0v) is 13.9. The van der Waals surface area contributed by atoms with Crippen molar-refractivity contribution >= 4 is 23.2 Å². The van der Waals surface area contributed by atoms with Crippen LogP contribution in [0, 0.1) is 0 Å². The summed E-state index contributed by atoms with van der Waals surface area (Å²) in [5, 5.41) is 3.38. The fourth-order valence-electron chi connectivity index (χ4n) is 2.06. The fourth-order valence-corrected chi connectivity index (χ4v) is 2.18. The number of ether oxygens (including phenoxy) is 2. The molecule has 2 aromatic carbocycles. The number of carbonyl (C=O) groups excluding carboxylic acids is 1. The maximum Gasteiger partial charge on any atom is 0.262 e. The van der Waals surface area contributed by atoms with Gasteiger partial charge in [-0.15, -0.1) is 0 Å². The molecule has 6 heteroatoms.